The summed E-state index contributed by atoms with van der Waals surface area (Å²) >= 11 is 0. The first kappa shape index (κ1) is 11.0. The summed E-state index contributed by atoms with van der Waals surface area (Å²) in [5.74, 6) is 0. The van der Waals surface area contributed by atoms with E-state index in [1.807, 2.05) is 0 Å². The van der Waals surface area contributed by atoms with E-state index in [0.717, 1.165) is 38.5 Å². The molecule has 1 saturated carbocycles. The fourth-order valence-corrected chi connectivity index (χ4v) is 1.98. The summed E-state index contributed by atoms with van der Waals surface area (Å²) < 4.78 is 5.98. The maximum absolute atomic E-state index is 5.98. The molecule has 0 unspecified atom stereocenters. The average molecular weight is 185 g/mol. The second-order valence-corrected chi connectivity index (χ2v) is 4.11. The van der Waals surface area contributed by atoms with Crippen molar-refractivity contribution in [3.8, 4) is 0 Å². The van der Waals surface area contributed by atoms with Crippen LogP contribution < -0.4 is 5.73 Å². The van der Waals surface area contributed by atoms with Crippen LogP contribution in [0.25, 0.3) is 0 Å². The Bertz CT molecular complexity index is 126. The Labute approximate surface area is 81.8 Å². The summed E-state index contributed by atoms with van der Waals surface area (Å²) in [6, 6.07) is 0.432. The maximum Gasteiger partial charge on any atom is 0.0580 e. The minimum atomic E-state index is 0.432. The van der Waals surface area contributed by atoms with Gasteiger partial charge >= 0.3 is 0 Å². The fraction of sp³-hybridized carbons (Fsp3) is 1.00. The van der Waals surface area contributed by atoms with Crippen molar-refractivity contribution in [3.63, 3.8) is 0 Å². The van der Waals surface area contributed by atoms with Gasteiger partial charge in [-0.25, -0.2) is 0 Å². The molecule has 1 rings (SSSR count). The van der Waals surface area contributed by atoms with Gasteiger partial charge in [-0.05, 0) is 38.5 Å². The molecule has 0 amide bonds. The molecule has 2 N–H and O–H groups in total. The van der Waals surface area contributed by atoms with Gasteiger partial charge in [0.05, 0.1) is 12.2 Å². The van der Waals surface area contributed by atoms with Gasteiger partial charge in [-0.15, -0.1) is 0 Å². The number of nitrogens with two attached hydrogens (primary N) is 1. The van der Waals surface area contributed by atoms with Crippen LogP contribution in [-0.2, 0) is 4.74 Å². The summed E-state index contributed by atoms with van der Waals surface area (Å²) in [5, 5.41) is 0. The van der Waals surface area contributed by atoms with E-state index >= 15 is 0 Å². The summed E-state index contributed by atoms with van der Waals surface area (Å²) in [4.78, 5) is 0. The molecule has 0 aromatic rings. The lowest BCUT2D eigenvalue weighted by atomic mass is 9.93. The van der Waals surface area contributed by atoms with Gasteiger partial charge in [0.25, 0.3) is 0 Å². The minimum Gasteiger partial charge on any atom is -0.375 e. The molecule has 2 heteroatoms. The molecule has 78 valence electrons. The second-order valence-electron chi connectivity index (χ2n) is 4.11. The molecule has 0 saturated heterocycles. The zero-order valence-electron chi connectivity index (χ0n) is 8.96. The zero-order valence-corrected chi connectivity index (χ0v) is 8.96. The first-order valence-electron chi connectivity index (χ1n) is 5.67. The standard InChI is InChI=1S/C11H23NO/c1-3-10(4-2)13-11-7-5-9(12)6-8-11/h9-11H,3-8,12H2,1-2H3. The molecule has 1 fully saturated rings. The highest BCUT2D eigenvalue weighted by Crippen LogP contribution is 2.22. The Balaban J connectivity index is 2.21. The number of rotatable bonds is 4. The molecule has 13 heavy (non-hydrogen) atoms. The average Bonchev–Trinajstić information content (AvgIpc) is 2.17. The lowest BCUT2D eigenvalue weighted by Crippen LogP contribution is -2.32. The first-order chi connectivity index (χ1) is 6.26. The number of hydrogen-bond acceptors (Lipinski definition) is 2. The van der Waals surface area contributed by atoms with Gasteiger partial charge in [-0.2, -0.15) is 0 Å². The SMILES string of the molecule is CCC(CC)OC1CCC(N)CC1. The predicted octanol–water partition coefficient (Wildman–Crippen LogP) is 2.46. The van der Waals surface area contributed by atoms with Gasteiger partial charge in [0, 0.05) is 6.04 Å². The van der Waals surface area contributed by atoms with Crippen LogP contribution >= 0.6 is 0 Å². The monoisotopic (exact) mass is 185 g/mol. The Hall–Kier alpha value is -0.0800. The highest BCUT2D eigenvalue weighted by molar-refractivity contribution is 4.75. The van der Waals surface area contributed by atoms with Crippen molar-refractivity contribution in [1.29, 1.82) is 0 Å². The van der Waals surface area contributed by atoms with Crippen LogP contribution in [0.4, 0.5) is 0 Å². The minimum absolute atomic E-state index is 0.432. The van der Waals surface area contributed by atoms with Gasteiger partial charge in [0.2, 0.25) is 0 Å². The molecule has 0 atom stereocenters. The van der Waals surface area contributed by atoms with Crippen molar-refractivity contribution in [2.24, 2.45) is 5.73 Å². The largest absolute Gasteiger partial charge is 0.375 e. The van der Waals surface area contributed by atoms with Crippen LogP contribution in [0.2, 0.25) is 0 Å². The molecule has 2 nitrogen and oxygen atoms in total. The van der Waals surface area contributed by atoms with Crippen LogP contribution in [0.3, 0.4) is 0 Å². The normalized spacial score (nSPS) is 29.5. The van der Waals surface area contributed by atoms with Crippen molar-refractivity contribution < 1.29 is 4.74 Å². The lowest BCUT2D eigenvalue weighted by Gasteiger charge is -2.29. The van der Waals surface area contributed by atoms with Crippen molar-refractivity contribution in [3.05, 3.63) is 0 Å². The third kappa shape index (κ3) is 3.65. The Morgan fingerprint density at radius 1 is 1.15 bits per heavy atom. The van der Waals surface area contributed by atoms with Crippen molar-refractivity contribution in [1.82, 2.24) is 0 Å². The van der Waals surface area contributed by atoms with E-state index in [2.05, 4.69) is 13.8 Å². The second kappa shape index (κ2) is 5.61. The number of ether oxygens (including phenoxy) is 1. The van der Waals surface area contributed by atoms with Crippen molar-refractivity contribution in [2.45, 2.75) is 70.6 Å². The first-order valence-corrected chi connectivity index (χ1v) is 5.67. The van der Waals surface area contributed by atoms with E-state index in [-0.39, 0.29) is 0 Å². The van der Waals surface area contributed by atoms with E-state index in [1.165, 1.54) is 0 Å². The Kier molecular flexibility index (Phi) is 4.74. The maximum atomic E-state index is 5.98. The molecule has 0 aliphatic heterocycles. The molecule has 0 radical (unpaired) electrons. The molecular formula is C11H23NO. The Morgan fingerprint density at radius 2 is 1.69 bits per heavy atom. The van der Waals surface area contributed by atoms with E-state index in [0.29, 0.717) is 18.2 Å². The van der Waals surface area contributed by atoms with Gasteiger partial charge in [-0.1, -0.05) is 13.8 Å². The molecule has 0 spiro atoms. The lowest BCUT2D eigenvalue weighted by molar-refractivity contribution is -0.0346. The molecule has 0 aromatic carbocycles. The van der Waals surface area contributed by atoms with E-state index in [1.54, 1.807) is 0 Å². The van der Waals surface area contributed by atoms with Crippen LogP contribution in [0.1, 0.15) is 52.4 Å². The third-order valence-electron chi connectivity index (χ3n) is 3.01. The molecule has 0 heterocycles. The van der Waals surface area contributed by atoms with Crippen molar-refractivity contribution in [2.75, 3.05) is 0 Å². The predicted molar refractivity (Wildman–Crippen MR) is 55.7 cm³/mol. The van der Waals surface area contributed by atoms with Gasteiger partial charge in [0.1, 0.15) is 0 Å². The quantitative estimate of drug-likeness (QED) is 0.730. The molecular weight excluding hydrogens is 162 g/mol. The highest BCUT2D eigenvalue weighted by atomic mass is 16.5. The van der Waals surface area contributed by atoms with Crippen LogP contribution in [0, 0.1) is 0 Å². The van der Waals surface area contributed by atoms with E-state index in [4.69, 9.17) is 10.5 Å². The van der Waals surface area contributed by atoms with Gasteiger partial charge < -0.3 is 10.5 Å². The molecule has 1 aliphatic carbocycles. The van der Waals surface area contributed by atoms with Gasteiger partial charge in [0.15, 0.2) is 0 Å². The molecule has 0 aromatic heterocycles. The van der Waals surface area contributed by atoms with E-state index in [9.17, 15) is 0 Å². The topological polar surface area (TPSA) is 35.2 Å². The summed E-state index contributed by atoms with van der Waals surface area (Å²) in [6.07, 6.45) is 7.85. The third-order valence-corrected chi connectivity index (χ3v) is 3.01. The van der Waals surface area contributed by atoms with Crippen LogP contribution in [0.5, 0.6) is 0 Å². The van der Waals surface area contributed by atoms with Gasteiger partial charge in [-0.3, -0.25) is 0 Å². The van der Waals surface area contributed by atoms with Crippen molar-refractivity contribution >= 4 is 0 Å². The van der Waals surface area contributed by atoms with Crippen LogP contribution in [-0.4, -0.2) is 18.2 Å². The summed E-state index contributed by atoms with van der Waals surface area (Å²) in [6.45, 7) is 4.39. The Morgan fingerprint density at radius 3 is 2.15 bits per heavy atom. The summed E-state index contributed by atoms with van der Waals surface area (Å²) in [5.41, 5.74) is 5.84. The molecule has 0 bridgehead atoms. The van der Waals surface area contributed by atoms with E-state index < -0.39 is 0 Å². The fourth-order valence-electron chi connectivity index (χ4n) is 1.98. The van der Waals surface area contributed by atoms with Crippen LogP contribution in [0.15, 0.2) is 0 Å². The highest BCUT2D eigenvalue weighted by Gasteiger charge is 2.20. The molecule has 1 aliphatic rings. The summed E-state index contributed by atoms with van der Waals surface area (Å²) in [7, 11) is 0. The smallest absolute Gasteiger partial charge is 0.0580 e. The number of hydrogen-bond donors (Lipinski definition) is 1. The zero-order chi connectivity index (χ0) is 9.68.